The monoisotopic (exact) mass is 262 g/mol. The van der Waals surface area contributed by atoms with Crippen LogP contribution in [0, 0.1) is 11.6 Å². The van der Waals surface area contributed by atoms with Crippen LogP contribution in [0.3, 0.4) is 0 Å². The zero-order chi connectivity index (χ0) is 13.6. The van der Waals surface area contributed by atoms with E-state index in [0.717, 1.165) is 29.9 Å². The van der Waals surface area contributed by atoms with Gasteiger partial charge in [-0.05, 0) is 12.5 Å². The van der Waals surface area contributed by atoms with Gasteiger partial charge in [0.15, 0.2) is 17.5 Å². The molecule has 0 saturated carbocycles. The lowest BCUT2D eigenvalue weighted by Gasteiger charge is -1.95. The molecule has 1 aromatic carbocycles. The number of H-pyrrole nitrogens is 1. The maximum atomic E-state index is 13.2. The summed E-state index contributed by atoms with van der Waals surface area (Å²) in [5.74, 6) is -1.23. The number of rotatable bonds is 2. The minimum atomic E-state index is -0.898. The molecule has 2 heterocycles. The van der Waals surface area contributed by atoms with Crippen LogP contribution < -0.4 is 0 Å². The van der Waals surface area contributed by atoms with E-state index in [4.69, 9.17) is 0 Å². The van der Waals surface area contributed by atoms with E-state index in [1.807, 2.05) is 20.0 Å². The molecule has 0 aliphatic rings. The van der Waals surface area contributed by atoms with Crippen molar-refractivity contribution in [2.75, 3.05) is 0 Å². The SMILES string of the molecule is CCc1cc(-c2nc3cc(F)c(F)cc3[nH]2)n(C)n1. The molecule has 0 atom stereocenters. The number of aromatic nitrogens is 4. The number of aromatic amines is 1. The summed E-state index contributed by atoms with van der Waals surface area (Å²) in [5.41, 5.74) is 2.59. The van der Waals surface area contributed by atoms with Crippen LogP contribution >= 0.6 is 0 Å². The number of nitrogens with zero attached hydrogens (tertiary/aromatic N) is 3. The van der Waals surface area contributed by atoms with Gasteiger partial charge < -0.3 is 4.98 Å². The summed E-state index contributed by atoms with van der Waals surface area (Å²) < 4.78 is 28.0. The van der Waals surface area contributed by atoms with Crippen molar-refractivity contribution in [1.29, 1.82) is 0 Å². The Labute approximate surface area is 108 Å². The van der Waals surface area contributed by atoms with Gasteiger partial charge in [-0.2, -0.15) is 5.10 Å². The Bertz CT molecular complexity index is 718. The van der Waals surface area contributed by atoms with Gasteiger partial charge in [0.2, 0.25) is 0 Å². The highest BCUT2D eigenvalue weighted by molar-refractivity contribution is 5.79. The molecule has 0 radical (unpaired) electrons. The third kappa shape index (κ3) is 1.89. The number of nitrogens with one attached hydrogen (secondary N) is 1. The number of fused-ring (bicyclic) bond motifs is 1. The summed E-state index contributed by atoms with van der Waals surface area (Å²) in [5, 5.41) is 4.32. The average molecular weight is 262 g/mol. The first-order valence-corrected chi connectivity index (χ1v) is 5.96. The summed E-state index contributed by atoms with van der Waals surface area (Å²) in [6, 6.07) is 4.10. The molecule has 2 aromatic heterocycles. The zero-order valence-electron chi connectivity index (χ0n) is 10.5. The summed E-state index contributed by atoms with van der Waals surface area (Å²) in [4.78, 5) is 7.25. The highest BCUT2D eigenvalue weighted by Gasteiger charge is 2.13. The van der Waals surface area contributed by atoms with E-state index in [1.165, 1.54) is 0 Å². The first kappa shape index (κ1) is 11.8. The van der Waals surface area contributed by atoms with Crippen LogP contribution in [0.25, 0.3) is 22.6 Å². The van der Waals surface area contributed by atoms with Crippen LogP contribution in [0.5, 0.6) is 0 Å². The highest BCUT2D eigenvalue weighted by Crippen LogP contribution is 2.22. The van der Waals surface area contributed by atoms with Gasteiger partial charge in [0.25, 0.3) is 0 Å². The van der Waals surface area contributed by atoms with Crippen molar-refractivity contribution in [3.8, 4) is 11.5 Å². The topological polar surface area (TPSA) is 46.5 Å². The van der Waals surface area contributed by atoms with Gasteiger partial charge in [-0.15, -0.1) is 0 Å². The van der Waals surface area contributed by atoms with Gasteiger partial charge in [-0.25, -0.2) is 13.8 Å². The fourth-order valence-electron chi connectivity index (χ4n) is 2.05. The van der Waals surface area contributed by atoms with Gasteiger partial charge in [-0.3, -0.25) is 4.68 Å². The number of aryl methyl sites for hydroxylation is 2. The lowest BCUT2D eigenvalue weighted by atomic mass is 10.3. The molecule has 4 nitrogen and oxygen atoms in total. The predicted octanol–water partition coefficient (Wildman–Crippen LogP) is 2.80. The van der Waals surface area contributed by atoms with Crippen molar-refractivity contribution in [2.45, 2.75) is 13.3 Å². The third-order valence-electron chi connectivity index (χ3n) is 3.06. The van der Waals surface area contributed by atoms with E-state index >= 15 is 0 Å². The molecule has 3 aromatic rings. The second kappa shape index (κ2) is 4.15. The number of halogens is 2. The Morgan fingerprint density at radius 3 is 2.63 bits per heavy atom. The van der Waals surface area contributed by atoms with E-state index in [2.05, 4.69) is 15.1 Å². The quantitative estimate of drug-likeness (QED) is 0.772. The first-order valence-electron chi connectivity index (χ1n) is 5.96. The lowest BCUT2D eigenvalue weighted by molar-refractivity contribution is 0.510. The molecular weight excluding hydrogens is 250 g/mol. The van der Waals surface area contributed by atoms with Crippen LogP contribution in [0.15, 0.2) is 18.2 Å². The summed E-state index contributed by atoms with van der Waals surface area (Å²) in [6.45, 7) is 2.01. The van der Waals surface area contributed by atoms with Crippen LogP contribution in [0.1, 0.15) is 12.6 Å². The minimum absolute atomic E-state index is 0.396. The van der Waals surface area contributed by atoms with Crippen molar-refractivity contribution in [3.63, 3.8) is 0 Å². The molecule has 0 aliphatic heterocycles. The number of benzene rings is 1. The fourth-order valence-corrected chi connectivity index (χ4v) is 2.05. The van der Waals surface area contributed by atoms with Crippen molar-refractivity contribution in [1.82, 2.24) is 19.7 Å². The average Bonchev–Trinajstić information content (AvgIpc) is 2.93. The largest absolute Gasteiger partial charge is 0.337 e. The number of hydrogen-bond donors (Lipinski definition) is 1. The summed E-state index contributed by atoms with van der Waals surface area (Å²) in [7, 11) is 1.81. The Morgan fingerprint density at radius 2 is 1.95 bits per heavy atom. The van der Waals surface area contributed by atoms with Crippen molar-refractivity contribution in [2.24, 2.45) is 7.05 Å². The number of hydrogen-bond acceptors (Lipinski definition) is 2. The van der Waals surface area contributed by atoms with E-state index in [-0.39, 0.29) is 0 Å². The first-order chi connectivity index (χ1) is 9.08. The van der Waals surface area contributed by atoms with E-state index in [0.29, 0.717) is 16.9 Å². The normalized spacial score (nSPS) is 11.4. The molecule has 98 valence electrons. The molecule has 0 spiro atoms. The molecule has 0 saturated heterocycles. The van der Waals surface area contributed by atoms with E-state index < -0.39 is 11.6 Å². The summed E-state index contributed by atoms with van der Waals surface area (Å²) >= 11 is 0. The lowest BCUT2D eigenvalue weighted by Crippen LogP contribution is -1.95. The van der Waals surface area contributed by atoms with Gasteiger partial charge in [0, 0.05) is 19.2 Å². The number of imidazole rings is 1. The minimum Gasteiger partial charge on any atom is -0.337 e. The van der Waals surface area contributed by atoms with Crippen LogP contribution in [0.4, 0.5) is 8.78 Å². The molecular formula is C13H12F2N4. The molecule has 0 amide bonds. The Hall–Kier alpha value is -2.24. The maximum Gasteiger partial charge on any atom is 0.161 e. The van der Waals surface area contributed by atoms with E-state index in [1.54, 1.807) is 4.68 Å². The Balaban J connectivity index is 2.17. The smallest absolute Gasteiger partial charge is 0.161 e. The standard InChI is InChI=1S/C13H12F2N4/c1-3-7-4-12(19(2)18-7)13-16-10-5-8(14)9(15)6-11(10)17-13/h4-6H,3H2,1-2H3,(H,16,17). The fraction of sp³-hybridized carbons (Fsp3) is 0.231. The molecule has 0 bridgehead atoms. The van der Waals surface area contributed by atoms with Gasteiger partial charge >= 0.3 is 0 Å². The zero-order valence-corrected chi connectivity index (χ0v) is 10.5. The van der Waals surface area contributed by atoms with Crippen molar-refractivity contribution >= 4 is 11.0 Å². The van der Waals surface area contributed by atoms with Gasteiger partial charge in [0.1, 0.15) is 5.69 Å². The summed E-state index contributed by atoms with van der Waals surface area (Å²) in [6.07, 6.45) is 0.817. The van der Waals surface area contributed by atoms with Crippen LogP contribution in [-0.2, 0) is 13.5 Å². The second-order valence-electron chi connectivity index (χ2n) is 4.37. The second-order valence-corrected chi connectivity index (χ2v) is 4.37. The molecule has 6 heteroatoms. The molecule has 0 aliphatic carbocycles. The van der Waals surface area contributed by atoms with Crippen LogP contribution in [-0.4, -0.2) is 19.7 Å². The van der Waals surface area contributed by atoms with Gasteiger partial charge in [-0.1, -0.05) is 6.92 Å². The third-order valence-corrected chi connectivity index (χ3v) is 3.06. The Kier molecular flexibility index (Phi) is 2.58. The van der Waals surface area contributed by atoms with Crippen molar-refractivity contribution in [3.05, 3.63) is 35.5 Å². The maximum absolute atomic E-state index is 13.2. The molecule has 3 rings (SSSR count). The molecule has 19 heavy (non-hydrogen) atoms. The Morgan fingerprint density at radius 1 is 1.21 bits per heavy atom. The predicted molar refractivity (Wildman–Crippen MR) is 67.6 cm³/mol. The molecule has 0 fully saturated rings. The van der Waals surface area contributed by atoms with E-state index in [9.17, 15) is 8.78 Å². The molecule has 1 N–H and O–H groups in total. The van der Waals surface area contributed by atoms with Crippen LogP contribution in [0.2, 0.25) is 0 Å². The van der Waals surface area contributed by atoms with Crippen molar-refractivity contribution < 1.29 is 8.78 Å². The van der Waals surface area contributed by atoms with Gasteiger partial charge in [0.05, 0.1) is 16.7 Å². The highest BCUT2D eigenvalue weighted by atomic mass is 19.2. The molecule has 0 unspecified atom stereocenters.